The van der Waals surface area contributed by atoms with Gasteiger partial charge in [0.2, 0.25) is 0 Å². The van der Waals surface area contributed by atoms with Crippen molar-refractivity contribution in [2.24, 2.45) is 0 Å². The van der Waals surface area contributed by atoms with Crippen LogP contribution >= 0.6 is 30.0 Å². The first-order chi connectivity index (χ1) is 1.73. The molecule has 0 N–H and O–H groups in total. The number of rotatable bonds is 0. The molecule has 0 aromatic carbocycles. The van der Waals surface area contributed by atoms with Gasteiger partial charge in [-0.3, -0.25) is 0 Å². The minimum atomic E-state index is -2.06. The number of halogens is 3. The fraction of sp³-hybridized carbons (Fsp3) is 0. The Morgan fingerprint density at radius 2 is 1.00 bits per heavy atom. The molecule has 0 aromatic heterocycles. The van der Waals surface area contributed by atoms with Crippen LogP contribution in [0.15, 0.2) is 0 Å². The van der Waals surface area contributed by atoms with Crippen molar-refractivity contribution >= 4 is 41.6 Å². The second kappa shape index (κ2) is 2.64. The summed E-state index contributed by atoms with van der Waals surface area (Å²) >= 11 is -2.06. The van der Waals surface area contributed by atoms with E-state index in [1.807, 2.05) is 0 Å². The summed E-state index contributed by atoms with van der Waals surface area (Å²) in [7, 11) is 15.0. The van der Waals surface area contributed by atoms with Gasteiger partial charge in [-0.05, 0) is 0 Å². The zero-order valence-electron chi connectivity index (χ0n) is 1.71. The molecule has 0 saturated carbocycles. The maximum atomic E-state index is 4.99. The first kappa shape index (κ1) is 5.41. The van der Waals surface area contributed by atoms with E-state index in [-0.39, 0.29) is 0 Å². The van der Waals surface area contributed by atoms with Gasteiger partial charge in [-0.1, -0.05) is 0 Å². The fourth-order valence-electron chi connectivity index (χ4n) is 0. The van der Waals surface area contributed by atoms with E-state index >= 15 is 0 Å². The van der Waals surface area contributed by atoms with Crippen LogP contribution in [0, 0.1) is 0 Å². The Hall–Kier alpha value is 1.41. The molecular weight excluding hydrogens is 179 g/mol. The van der Waals surface area contributed by atoms with E-state index in [4.69, 9.17) is 30.0 Å². The SMILES string of the molecule is [Cl][GeH]([Cl])[Cl]. The molecule has 0 saturated heterocycles. The van der Waals surface area contributed by atoms with Crippen molar-refractivity contribution in [3.05, 3.63) is 0 Å². The van der Waals surface area contributed by atoms with Gasteiger partial charge in [-0.25, -0.2) is 0 Å². The molecule has 0 rings (SSSR count). The van der Waals surface area contributed by atoms with Crippen LogP contribution in [0.4, 0.5) is 0 Å². The molecule has 0 heterocycles. The van der Waals surface area contributed by atoms with Crippen LogP contribution in [0.25, 0.3) is 0 Å². The van der Waals surface area contributed by atoms with Crippen LogP contribution < -0.4 is 0 Å². The first-order valence-electron chi connectivity index (χ1n) is 0.655. The Labute approximate surface area is 41.7 Å². The van der Waals surface area contributed by atoms with Crippen LogP contribution in [0.3, 0.4) is 0 Å². The predicted molar refractivity (Wildman–Crippen MR) is 24.7 cm³/mol. The van der Waals surface area contributed by atoms with Gasteiger partial charge in [0.05, 0.1) is 0 Å². The van der Waals surface area contributed by atoms with Gasteiger partial charge in [0.1, 0.15) is 0 Å². The molecule has 0 aliphatic heterocycles. The van der Waals surface area contributed by atoms with Gasteiger partial charge >= 0.3 is 41.6 Å². The summed E-state index contributed by atoms with van der Waals surface area (Å²) in [5.41, 5.74) is 0. The Bertz CT molecular complexity index is 8.00. The third-order valence-electron chi connectivity index (χ3n) is 0. The summed E-state index contributed by atoms with van der Waals surface area (Å²) < 4.78 is 0. The third kappa shape index (κ3) is 9.95. The molecule has 0 bridgehead atoms. The standard InChI is InChI=1S/Cl3GeH/c1-4(2)3/h4H. The zero-order valence-corrected chi connectivity index (χ0v) is 6.40. The topological polar surface area (TPSA) is 0 Å². The van der Waals surface area contributed by atoms with Crippen molar-refractivity contribution in [3.63, 3.8) is 0 Å². The van der Waals surface area contributed by atoms with Gasteiger partial charge in [-0.2, -0.15) is 0 Å². The predicted octanol–water partition coefficient (Wildman–Crippen LogP) is 1.42. The van der Waals surface area contributed by atoms with Crippen LogP contribution in [-0.4, -0.2) is 11.6 Å². The normalized spacial score (nSPS) is 9.00. The fourth-order valence-corrected chi connectivity index (χ4v) is 0. The molecule has 26 valence electrons. The molecule has 4 heavy (non-hydrogen) atoms. The van der Waals surface area contributed by atoms with Crippen LogP contribution in [0.5, 0.6) is 0 Å². The zero-order chi connectivity index (χ0) is 3.58. The summed E-state index contributed by atoms with van der Waals surface area (Å²) in [6.07, 6.45) is 0. The third-order valence-corrected chi connectivity index (χ3v) is 0. The molecule has 0 radical (unpaired) electrons. The number of hydrogen-bond donors (Lipinski definition) is 0. The summed E-state index contributed by atoms with van der Waals surface area (Å²) in [5, 5.41) is 0. The first-order valence-corrected chi connectivity index (χ1v) is 10.2. The van der Waals surface area contributed by atoms with E-state index in [0.717, 1.165) is 0 Å². The summed E-state index contributed by atoms with van der Waals surface area (Å²) in [4.78, 5) is 0. The Morgan fingerprint density at radius 3 is 1.00 bits per heavy atom. The van der Waals surface area contributed by atoms with E-state index in [0.29, 0.717) is 0 Å². The van der Waals surface area contributed by atoms with Gasteiger partial charge in [0.15, 0.2) is 0 Å². The summed E-state index contributed by atoms with van der Waals surface area (Å²) in [6, 6.07) is 0. The molecule has 0 atom stereocenters. The molecular formula is HCl3Ge. The van der Waals surface area contributed by atoms with Crippen molar-refractivity contribution in [2.75, 3.05) is 0 Å². The average molecular weight is 180 g/mol. The molecule has 0 aromatic rings. The van der Waals surface area contributed by atoms with Gasteiger partial charge in [0.25, 0.3) is 0 Å². The van der Waals surface area contributed by atoms with Crippen molar-refractivity contribution in [3.8, 4) is 0 Å². The van der Waals surface area contributed by atoms with Gasteiger partial charge < -0.3 is 0 Å². The van der Waals surface area contributed by atoms with E-state index < -0.39 is 11.6 Å². The van der Waals surface area contributed by atoms with Crippen molar-refractivity contribution in [1.82, 2.24) is 0 Å². The second-order valence-corrected chi connectivity index (χ2v) is 11.6. The maximum absolute atomic E-state index is 4.99. The Kier molecular flexibility index (Phi) is 3.57. The van der Waals surface area contributed by atoms with Crippen LogP contribution in [0.1, 0.15) is 0 Å². The van der Waals surface area contributed by atoms with Gasteiger partial charge in [-0.15, -0.1) is 0 Å². The van der Waals surface area contributed by atoms with Crippen molar-refractivity contribution < 1.29 is 0 Å². The summed E-state index contributed by atoms with van der Waals surface area (Å²) in [5.74, 6) is 0. The quantitative estimate of drug-likeness (QED) is 0.494. The molecule has 0 unspecified atom stereocenters. The van der Waals surface area contributed by atoms with Crippen molar-refractivity contribution in [1.29, 1.82) is 0 Å². The van der Waals surface area contributed by atoms with E-state index in [9.17, 15) is 0 Å². The molecule has 0 fully saturated rings. The van der Waals surface area contributed by atoms with E-state index in [1.165, 1.54) is 0 Å². The van der Waals surface area contributed by atoms with Crippen LogP contribution in [0.2, 0.25) is 0 Å². The van der Waals surface area contributed by atoms with Crippen LogP contribution in [-0.2, 0) is 0 Å². The van der Waals surface area contributed by atoms with Gasteiger partial charge in [0, 0.05) is 0 Å². The average Bonchev–Trinajstić information content (AvgIpc) is 0.811. The Balaban J connectivity index is 2.32. The molecule has 0 amide bonds. The molecule has 0 nitrogen and oxygen atoms in total. The monoisotopic (exact) mass is 180 g/mol. The van der Waals surface area contributed by atoms with E-state index in [1.54, 1.807) is 0 Å². The molecule has 4 heteroatoms. The molecule has 0 spiro atoms. The number of hydrogen-bond acceptors (Lipinski definition) is 0. The second-order valence-electron chi connectivity index (χ2n) is 0.247. The Morgan fingerprint density at radius 1 is 1.00 bits per heavy atom. The van der Waals surface area contributed by atoms with Crippen molar-refractivity contribution in [2.45, 2.75) is 0 Å². The summed E-state index contributed by atoms with van der Waals surface area (Å²) in [6.45, 7) is 0. The molecule has 0 aliphatic rings. The molecule has 0 aliphatic carbocycles. The van der Waals surface area contributed by atoms with E-state index in [2.05, 4.69) is 0 Å². The minimum absolute atomic E-state index is 2.06.